The van der Waals surface area contributed by atoms with E-state index in [-0.39, 0.29) is 0 Å². The number of hydrogen-bond donors (Lipinski definition) is 0. The van der Waals surface area contributed by atoms with E-state index in [1.54, 1.807) is 13.2 Å². The summed E-state index contributed by atoms with van der Waals surface area (Å²) >= 11 is 5.93. The van der Waals surface area contributed by atoms with Crippen molar-refractivity contribution in [3.8, 4) is 5.75 Å². The summed E-state index contributed by atoms with van der Waals surface area (Å²) in [6, 6.07) is 13.1. The van der Waals surface area contributed by atoms with E-state index in [9.17, 15) is 9.59 Å². The van der Waals surface area contributed by atoms with Crippen LogP contribution in [-0.2, 0) is 11.3 Å². The zero-order valence-electron chi connectivity index (χ0n) is 13.4. The average Bonchev–Trinajstić information content (AvgIpc) is 2.87. The summed E-state index contributed by atoms with van der Waals surface area (Å²) in [5, 5.41) is 1.40. The highest BCUT2D eigenvalue weighted by Gasteiger charge is 2.20. The fraction of sp³-hybridized carbons (Fsp3) is 0.158. The molecule has 24 heavy (non-hydrogen) atoms. The van der Waals surface area contributed by atoms with Gasteiger partial charge in [0.15, 0.2) is 6.29 Å². The van der Waals surface area contributed by atoms with Crippen LogP contribution in [0.1, 0.15) is 21.6 Å². The van der Waals surface area contributed by atoms with Crippen LogP contribution in [0.3, 0.4) is 0 Å². The molecule has 0 aliphatic carbocycles. The fourth-order valence-electron chi connectivity index (χ4n) is 2.93. The predicted octanol–water partition coefficient (Wildman–Crippen LogP) is 4.04. The molecular weight excluding hydrogens is 326 g/mol. The van der Waals surface area contributed by atoms with E-state index in [2.05, 4.69) is 0 Å². The van der Waals surface area contributed by atoms with Gasteiger partial charge in [0.1, 0.15) is 5.75 Å². The third kappa shape index (κ3) is 2.81. The number of methoxy groups -OCH3 is 1. The number of halogens is 1. The monoisotopic (exact) mass is 341 g/mol. The summed E-state index contributed by atoms with van der Waals surface area (Å²) in [4.78, 5) is 23.2. The Hall–Kier alpha value is -2.59. The Kier molecular flexibility index (Phi) is 4.40. The fourth-order valence-corrected chi connectivity index (χ4v) is 3.06. The molecule has 0 fully saturated rings. The van der Waals surface area contributed by atoms with Crippen molar-refractivity contribution in [3.05, 3.63) is 64.3 Å². The number of nitrogens with zero attached hydrogens (tertiary/aromatic N) is 1. The number of benzene rings is 2. The molecule has 0 aliphatic rings. The Morgan fingerprint density at radius 1 is 1.21 bits per heavy atom. The van der Waals surface area contributed by atoms with Gasteiger partial charge in [-0.25, -0.2) is 0 Å². The molecule has 0 aliphatic heterocycles. The summed E-state index contributed by atoms with van der Waals surface area (Å²) in [6.07, 6.45) is 0.355. The molecule has 3 rings (SSSR count). The van der Waals surface area contributed by atoms with Crippen LogP contribution in [0.2, 0.25) is 5.02 Å². The standard InChI is InChI=1S/C19H16ClNO3/c1-12-19(18(23)11-22)16-9-15(24-2)7-8-17(16)21(12)10-13-3-5-14(20)6-4-13/h3-9,11H,10H2,1-2H3. The molecule has 0 radical (unpaired) electrons. The lowest BCUT2D eigenvalue weighted by molar-refractivity contribution is -0.104. The molecule has 0 atom stereocenters. The first kappa shape index (κ1) is 16.3. The maximum Gasteiger partial charge on any atom is 0.227 e. The number of rotatable bonds is 5. The molecule has 4 nitrogen and oxygen atoms in total. The van der Waals surface area contributed by atoms with Gasteiger partial charge in [-0.2, -0.15) is 0 Å². The van der Waals surface area contributed by atoms with Crippen LogP contribution in [0, 0.1) is 6.92 Å². The number of ether oxygens (including phenoxy) is 1. The average molecular weight is 342 g/mol. The molecule has 1 heterocycles. The van der Waals surface area contributed by atoms with Crippen molar-refractivity contribution in [2.24, 2.45) is 0 Å². The Morgan fingerprint density at radius 2 is 1.92 bits per heavy atom. The maximum absolute atomic E-state index is 12.1. The minimum atomic E-state index is -0.527. The third-order valence-electron chi connectivity index (χ3n) is 4.14. The van der Waals surface area contributed by atoms with Crippen LogP contribution < -0.4 is 4.74 Å². The van der Waals surface area contributed by atoms with Gasteiger partial charge in [-0.15, -0.1) is 0 Å². The van der Waals surface area contributed by atoms with Gasteiger partial charge in [-0.05, 0) is 42.8 Å². The van der Waals surface area contributed by atoms with Crippen LogP contribution >= 0.6 is 11.6 Å². The molecule has 0 bridgehead atoms. The van der Waals surface area contributed by atoms with E-state index in [1.807, 2.05) is 47.9 Å². The number of aldehydes is 1. The Morgan fingerprint density at radius 3 is 2.54 bits per heavy atom. The van der Waals surface area contributed by atoms with Gasteiger partial charge in [-0.1, -0.05) is 23.7 Å². The molecule has 0 amide bonds. The molecule has 5 heteroatoms. The highest BCUT2D eigenvalue weighted by molar-refractivity contribution is 6.37. The summed E-state index contributed by atoms with van der Waals surface area (Å²) in [6.45, 7) is 2.43. The predicted molar refractivity (Wildman–Crippen MR) is 94.2 cm³/mol. The maximum atomic E-state index is 12.1. The van der Waals surface area contributed by atoms with Crippen LogP contribution in [0.15, 0.2) is 42.5 Å². The summed E-state index contributed by atoms with van der Waals surface area (Å²) in [7, 11) is 1.57. The number of Topliss-reactive ketones (excluding diaryl/α,β-unsaturated/α-hetero) is 1. The van der Waals surface area contributed by atoms with Gasteiger partial charge in [-0.3, -0.25) is 9.59 Å². The van der Waals surface area contributed by atoms with Gasteiger partial charge in [0, 0.05) is 28.2 Å². The van der Waals surface area contributed by atoms with E-state index in [4.69, 9.17) is 16.3 Å². The van der Waals surface area contributed by atoms with Crippen molar-refractivity contribution < 1.29 is 14.3 Å². The number of carbonyl (C=O) groups is 2. The lowest BCUT2D eigenvalue weighted by atomic mass is 10.1. The molecule has 3 aromatic rings. The van der Waals surface area contributed by atoms with Crippen molar-refractivity contribution in [2.45, 2.75) is 13.5 Å². The minimum absolute atomic E-state index is 0.355. The van der Waals surface area contributed by atoms with Crippen LogP contribution in [0.25, 0.3) is 10.9 Å². The van der Waals surface area contributed by atoms with Crippen molar-refractivity contribution in [1.29, 1.82) is 0 Å². The van der Waals surface area contributed by atoms with Crippen molar-refractivity contribution in [1.82, 2.24) is 4.57 Å². The molecule has 0 saturated heterocycles. The van der Waals surface area contributed by atoms with E-state index in [0.717, 1.165) is 22.2 Å². The SMILES string of the molecule is COc1ccc2c(c1)c(C(=O)C=O)c(C)n2Cc1ccc(Cl)cc1. The molecule has 0 N–H and O–H groups in total. The number of aromatic nitrogens is 1. The molecule has 2 aromatic carbocycles. The van der Waals surface area contributed by atoms with E-state index in [0.29, 0.717) is 29.2 Å². The lowest BCUT2D eigenvalue weighted by Crippen LogP contribution is -2.05. The third-order valence-corrected chi connectivity index (χ3v) is 4.39. The molecule has 0 spiro atoms. The van der Waals surface area contributed by atoms with Crippen molar-refractivity contribution >= 4 is 34.6 Å². The topological polar surface area (TPSA) is 48.3 Å². The number of ketones is 1. The minimum Gasteiger partial charge on any atom is -0.497 e. The van der Waals surface area contributed by atoms with Crippen LogP contribution in [0.5, 0.6) is 5.75 Å². The number of carbonyl (C=O) groups excluding carboxylic acids is 2. The first-order chi connectivity index (χ1) is 11.5. The van der Waals surface area contributed by atoms with Gasteiger partial charge < -0.3 is 9.30 Å². The zero-order valence-corrected chi connectivity index (χ0v) is 14.1. The Balaban J connectivity index is 2.19. The van der Waals surface area contributed by atoms with Crippen molar-refractivity contribution in [3.63, 3.8) is 0 Å². The van der Waals surface area contributed by atoms with Gasteiger partial charge >= 0.3 is 0 Å². The Labute approximate surface area is 144 Å². The Bertz CT molecular complexity index is 926. The molecular formula is C19H16ClNO3. The first-order valence-corrected chi connectivity index (χ1v) is 7.83. The summed E-state index contributed by atoms with van der Waals surface area (Å²) in [5.41, 5.74) is 3.12. The molecule has 0 unspecified atom stereocenters. The van der Waals surface area contributed by atoms with E-state index >= 15 is 0 Å². The van der Waals surface area contributed by atoms with Crippen LogP contribution in [0.4, 0.5) is 0 Å². The van der Waals surface area contributed by atoms with Gasteiger partial charge in [0.2, 0.25) is 5.78 Å². The molecule has 0 saturated carbocycles. The quantitative estimate of drug-likeness (QED) is 0.400. The first-order valence-electron chi connectivity index (χ1n) is 7.46. The zero-order chi connectivity index (χ0) is 17.3. The summed E-state index contributed by atoms with van der Waals surface area (Å²) < 4.78 is 7.27. The second-order valence-electron chi connectivity index (χ2n) is 5.54. The van der Waals surface area contributed by atoms with E-state index < -0.39 is 5.78 Å². The summed E-state index contributed by atoms with van der Waals surface area (Å²) in [5.74, 6) is 0.117. The van der Waals surface area contributed by atoms with Crippen molar-refractivity contribution in [2.75, 3.05) is 7.11 Å². The highest BCUT2D eigenvalue weighted by atomic mass is 35.5. The lowest BCUT2D eigenvalue weighted by Gasteiger charge is -2.09. The molecule has 122 valence electrons. The largest absolute Gasteiger partial charge is 0.497 e. The van der Waals surface area contributed by atoms with Crippen LogP contribution in [-0.4, -0.2) is 23.7 Å². The number of fused-ring (bicyclic) bond motifs is 1. The normalized spacial score (nSPS) is 10.8. The van der Waals surface area contributed by atoms with Gasteiger partial charge in [0.05, 0.1) is 12.7 Å². The smallest absolute Gasteiger partial charge is 0.227 e. The second kappa shape index (κ2) is 6.49. The van der Waals surface area contributed by atoms with E-state index in [1.165, 1.54) is 0 Å². The highest BCUT2D eigenvalue weighted by Crippen LogP contribution is 2.30. The number of hydrogen-bond acceptors (Lipinski definition) is 3. The molecule has 1 aromatic heterocycles. The van der Waals surface area contributed by atoms with Gasteiger partial charge in [0.25, 0.3) is 0 Å². The second-order valence-corrected chi connectivity index (χ2v) is 5.97.